The van der Waals surface area contributed by atoms with Crippen LogP contribution in [0.3, 0.4) is 0 Å². The first-order valence-corrected chi connectivity index (χ1v) is 6.53. The molecule has 0 saturated heterocycles. The second-order valence-corrected chi connectivity index (χ2v) is 4.61. The van der Waals surface area contributed by atoms with Crippen LogP contribution in [-0.2, 0) is 6.61 Å². The zero-order valence-corrected chi connectivity index (χ0v) is 11.2. The lowest BCUT2D eigenvalue weighted by Crippen LogP contribution is -1.99. The fourth-order valence-corrected chi connectivity index (χ4v) is 2.14. The number of carbonyl (C=O) groups is 1. The van der Waals surface area contributed by atoms with Gasteiger partial charge in [0.2, 0.25) is 0 Å². The largest absolute Gasteiger partial charge is 0.489 e. The molecule has 21 heavy (non-hydrogen) atoms. The highest BCUT2D eigenvalue weighted by molar-refractivity contribution is 5.87. The monoisotopic (exact) mass is 279 g/mol. The second kappa shape index (κ2) is 5.63. The average molecular weight is 279 g/mol. The van der Waals surface area contributed by atoms with Gasteiger partial charge < -0.3 is 9.84 Å². The molecule has 0 atom stereocenters. The zero-order chi connectivity index (χ0) is 14.7. The molecule has 0 aliphatic carbocycles. The van der Waals surface area contributed by atoms with Crippen LogP contribution in [0.5, 0.6) is 5.75 Å². The normalized spacial score (nSPS) is 10.5. The van der Waals surface area contributed by atoms with Crippen LogP contribution in [0.1, 0.15) is 15.9 Å². The molecule has 0 spiro atoms. The predicted molar refractivity (Wildman–Crippen MR) is 79.5 cm³/mol. The van der Waals surface area contributed by atoms with E-state index in [4.69, 9.17) is 9.84 Å². The van der Waals surface area contributed by atoms with E-state index >= 15 is 0 Å². The summed E-state index contributed by atoms with van der Waals surface area (Å²) in [4.78, 5) is 15.1. The molecular formula is C17H13NO3. The molecule has 0 aliphatic heterocycles. The SMILES string of the molecule is O=C(O)c1ccc(OCc2ccnc3ccccc23)cc1. The van der Waals surface area contributed by atoms with Gasteiger partial charge in [0, 0.05) is 17.1 Å². The van der Waals surface area contributed by atoms with E-state index in [1.807, 2.05) is 30.3 Å². The lowest BCUT2D eigenvalue weighted by atomic mass is 10.1. The molecule has 0 saturated carbocycles. The minimum atomic E-state index is -0.943. The number of para-hydroxylation sites is 1. The quantitative estimate of drug-likeness (QED) is 0.794. The number of fused-ring (bicyclic) bond motifs is 1. The molecule has 0 amide bonds. The number of carboxylic acid groups (broad SMARTS) is 1. The summed E-state index contributed by atoms with van der Waals surface area (Å²) >= 11 is 0. The molecule has 3 aromatic rings. The molecule has 104 valence electrons. The lowest BCUT2D eigenvalue weighted by molar-refractivity contribution is 0.0697. The Morgan fingerprint density at radius 1 is 1.05 bits per heavy atom. The summed E-state index contributed by atoms with van der Waals surface area (Å²) in [6.07, 6.45) is 1.76. The number of pyridine rings is 1. The van der Waals surface area contributed by atoms with Crippen molar-refractivity contribution in [3.05, 3.63) is 71.9 Å². The Morgan fingerprint density at radius 3 is 2.57 bits per heavy atom. The van der Waals surface area contributed by atoms with Gasteiger partial charge in [-0.1, -0.05) is 18.2 Å². The van der Waals surface area contributed by atoms with Crippen LogP contribution in [0.2, 0.25) is 0 Å². The Bertz CT molecular complexity index is 776. The van der Waals surface area contributed by atoms with Crippen molar-refractivity contribution in [1.29, 1.82) is 0 Å². The number of nitrogens with zero attached hydrogens (tertiary/aromatic N) is 1. The summed E-state index contributed by atoms with van der Waals surface area (Å²) < 4.78 is 5.71. The van der Waals surface area contributed by atoms with E-state index < -0.39 is 5.97 Å². The van der Waals surface area contributed by atoms with Crippen LogP contribution >= 0.6 is 0 Å². The topological polar surface area (TPSA) is 59.4 Å². The van der Waals surface area contributed by atoms with Crippen LogP contribution in [-0.4, -0.2) is 16.1 Å². The van der Waals surface area contributed by atoms with E-state index in [0.717, 1.165) is 16.5 Å². The first-order chi connectivity index (χ1) is 10.2. The number of benzene rings is 2. The molecule has 0 fully saturated rings. The van der Waals surface area contributed by atoms with Gasteiger partial charge in [-0.3, -0.25) is 4.98 Å². The van der Waals surface area contributed by atoms with Crippen molar-refractivity contribution in [2.75, 3.05) is 0 Å². The van der Waals surface area contributed by atoms with E-state index in [9.17, 15) is 4.79 Å². The highest BCUT2D eigenvalue weighted by Gasteiger charge is 2.04. The van der Waals surface area contributed by atoms with Gasteiger partial charge in [0.25, 0.3) is 0 Å². The second-order valence-electron chi connectivity index (χ2n) is 4.61. The van der Waals surface area contributed by atoms with Gasteiger partial charge in [0.05, 0.1) is 11.1 Å². The fraction of sp³-hybridized carbons (Fsp3) is 0.0588. The van der Waals surface area contributed by atoms with Gasteiger partial charge >= 0.3 is 5.97 Å². The van der Waals surface area contributed by atoms with Crippen LogP contribution in [0, 0.1) is 0 Å². The van der Waals surface area contributed by atoms with Gasteiger partial charge in [-0.2, -0.15) is 0 Å². The smallest absolute Gasteiger partial charge is 0.335 e. The number of hydrogen-bond acceptors (Lipinski definition) is 3. The molecule has 0 aliphatic rings. The zero-order valence-electron chi connectivity index (χ0n) is 11.2. The van der Waals surface area contributed by atoms with Gasteiger partial charge in [0.1, 0.15) is 12.4 Å². The highest BCUT2D eigenvalue weighted by Crippen LogP contribution is 2.19. The van der Waals surface area contributed by atoms with Crippen LogP contribution < -0.4 is 4.74 Å². The maximum Gasteiger partial charge on any atom is 0.335 e. The van der Waals surface area contributed by atoms with Crippen LogP contribution in [0.15, 0.2) is 60.8 Å². The Kier molecular flexibility index (Phi) is 3.51. The van der Waals surface area contributed by atoms with E-state index in [0.29, 0.717) is 12.4 Å². The van der Waals surface area contributed by atoms with Gasteiger partial charge in [-0.05, 0) is 36.4 Å². The maximum atomic E-state index is 10.8. The summed E-state index contributed by atoms with van der Waals surface area (Å²) in [7, 11) is 0. The highest BCUT2D eigenvalue weighted by atomic mass is 16.5. The molecule has 4 heteroatoms. The molecule has 2 aromatic carbocycles. The first-order valence-electron chi connectivity index (χ1n) is 6.53. The molecule has 1 aromatic heterocycles. The molecule has 3 rings (SSSR count). The summed E-state index contributed by atoms with van der Waals surface area (Å²) in [5, 5.41) is 9.91. The number of aromatic nitrogens is 1. The van der Waals surface area contributed by atoms with Gasteiger partial charge in [0.15, 0.2) is 0 Å². The minimum absolute atomic E-state index is 0.247. The first kappa shape index (κ1) is 13.1. The van der Waals surface area contributed by atoms with Gasteiger partial charge in [-0.25, -0.2) is 4.79 Å². The fourth-order valence-electron chi connectivity index (χ4n) is 2.14. The van der Waals surface area contributed by atoms with Crippen LogP contribution in [0.25, 0.3) is 10.9 Å². The van der Waals surface area contributed by atoms with Crippen molar-refractivity contribution in [2.45, 2.75) is 6.61 Å². The molecule has 0 bridgehead atoms. The Labute approximate surface area is 121 Å². The third kappa shape index (κ3) is 2.84. The molecule has 4 nitrogen and oxygen atoms in total. The summed E-state index contributed by atoms with van der Waals surface area (Å²) in [6.45, 7) is 0.412. The van der Waals surface area contributed by atoms with Crippen molar-refractivity contribution in [1.82, 2.24) is 4.98 Å². The minimum Gasteiger partial charge on any atom is -0.489 e. The number of carboxylic acids is 1. The third-order valence-electron chi connectivity index (χ3n) is 3.23. The van der Waals surface area contributed by atoms with Crippen molar-refractivity contribution >= 4 is 16.9 Å². The van der Waals surface area contributed by atoms with Crippen molar-refractivity contribution < 1.29 is 14.6 Å². The van der Waals surface area contributed by atoms with Crippen molar-refractivity contribution in [3.8, 4) is 5.75 Å². The number of aromatic carboxylic acids is 1. The summed E-state index contributed by atoms with van der Waals surface area (Å²) in [6, 6.07) is 16.2. The Balaban J connectivity index is 1.79. The number of ether oxygens (including phenoxy) is 1. The average Bonchev–Trinajstić information content (AvgIpc) is 2.53. The standard InChI is InChI=1S/C17H13NO3/c19-17(20)12-5-7-14(8-6-12)21-11-13-9-10-18-16-4-2-1-3-15(13)16/h1-10H,11H2,(H,19,20). The molecule has 0 unspecified atom stereocenters. The molecule has 1 heterocycles. The van der Waals surface area contributed by atoms with Crippen LogP contribution in [0.4, 0.5) is 0 Å². The van der Waals surface area contributed by atoms with E-state index in [2.05, 4.69) is 4.98 Å². The Hall–Kier alpha value is -2.88. The number of rotatable bonds is 4. The van der Waals surface area contributed by atoms with E-state index in [1.165, 1.54) is 12.1 Å². The third-order valence-corrected chi connectivity index (χ3v) is 3.23. The summed E-state index contributed by atoms with van der Waals surface area (Å²) in [5.74, 6) is -0.303. The van der Waals surface area contributed by atoms with E-state index in [1.54, 1.807) is 18.3 Å². The maximum absolute atomic E-state index is 10.8. The van der Waals surface area contributed by atoms with Crippen molar-refractivity contribution in [2.24, 2.45) is 0 Å². The lowest BCUT2D eigenvalue weighted by Gasteiger charge is -2.08. The number of hydrogen-bond donors (Lipinski definition) is 1. The molecular weight excluding hydrogens is 266 g/mol. The van der Waals surface area contributed by atoms with E-state index in [-0.39, 0.29) is 5.56 Å². The molecule has 1 N–H and O–H groups in total. The Morgan fingerprint density at radius 2 is 1.81 bits per heavy atom. The summed E-state index contributed by atoms with van der Waals surface area (Å²) in [5.41, 5.74) is 2.22. The van der Waals surface area contributed by atoms with Crippen molar-refractivity contribution in [3.63, 3.8) is 0 Å². The molecule has 0 radical (unpaired) electrons. The predicted octanol–water partition coefficient (Wildman–Crippen LogP) is 3.51. The van der Waals surface area contributed by atoms with Gasteiger partial charge in [-0.15, -0.1) is 0 Å².